The van der Waals surface area contributed by atoms with Gasteiger partial charge in [-0.05, 0) is 92.9 Å². The summed E-state index contributed by atoms with van der Waals surface area (Å²) in [6.45, 7) is 17.0. The molecule has 0 aromatic heterocycles. The van der Waals surface area contributed by atoms with Crippen LogP contribution in [0.3, 0.4) is 0 Å². The Kier molecular flexibility index (Phi) is 23.8. The Hall–Kier alpha value is -3.42. The van der Waals surface area contributed by atoms with Crippen molar-refractivity contribution in [3.8, 4) is 0 Å². The van der Waals surface area contributed by atoms with E-state index in [-0.39, 0.29) is 25.9 Å². The number of rotatable bonds is 28. The fourth-order valence-corrected chi connectivity index (χ4v) is 7.61. The van der Waals surface area contributed by atoms with Gasteiger partial charge in [0.15, 0.2) is 10.8 Å². The lowest BCUT2D eigenvalue weighted by atomic mass is 9.50. The smallest absolute Gasteiger partial charge is 0.323 e. The molecular weight excluding hydrogens is 677 g/mol. The van der Waals surface area contributed by atoms with Crippen LogP contribution in [-0.2, 0) is 19.2 Å². The third kappa shape index (κ3) is 15.4. The van der Waals surface area contributed by atoms with Crippen LogP contribution in [0.25, 0.3) is 0 Å². The van der Waals surface area contributed by atoms with Crippen LogP contribution in [0.2, 0.25) is 0 Å². The normalized spacial score (nSPS) is 21.3. The van der Waals surface area contributed by atoms with E-state index in [4.69, 9.17) is 0 Å². The molecule has 1 aliphatic carbocycles. The Morgan fingerprint density at radius 2 is 1.04 bits per heavy atom. The van der Waals surface area contributed by atoms with Crippen LogP contribution in [0.4, 0.5) is 0 Å². The van der Waals surface area contributed by atoms with E-state index in [0.29, 0.717) is 19.3 Å². The lowest BCUT2D eigenvalue weighted by molar-refractivity contribution is -0.176. The van der Waals surface area contributed by atoms with Gasteiger partial charge in [-0.25, -0.2) is 0 Å². The van der Waals surface area contributed by atoms with Crippen LogP contribution in [0.5, 0.6) is 0 Å². The summed E-state index contributed by atoms with van der Waals surface area (Å²) in [5.74, 6) is -6.59. The number of carbonyl (C=O) groups is 4. The Labute approximate surface area is 328 Å². The van der Waals surface area contributed by atoms with E-state index in [9.17, 15) is 29.4 Å². The maximum Gasteiger partial charge on any atom is 0.323 e. The summed E-state index contributed by atoms with van der Waals surface area (Å²) in [6, 6.07) is 0. The van der Waals surface area contributed by atoms with E-state index >= 15 is 0 Å². The first-order valence-electron chi connectivity index (χ1n) is 21.0. The summed E-state index contributed by atoms with van der Waals surface area (Å²) in [5.41, 5.74) is -0.0747. The second-order valence-electron chi connectivity index (χ2n) is 16.1. The molecule has 0 aliphatic heterocycles. The van der Waals surface area contributed by atoms with Crippen LogP contribution in [0.1, 0.15) is 171 Å². The third-order valence-corrected chi connectivity index (χ3v) is 11.0. The lowest BCUT2D eigenvalue weighted by Crippen LogP contribution is -2.65. The van der Waals surface area contributed by atoms with Crippen molar-refractivity contribution >= 4 is 23.8 Å². The van der Waals surface area contributed by atoms with Crippen molar-refractivity contribution in [2.75, 3.05) is 13.1 Å². The minimum atomic E-state index is -2.27. The topological polar surface area (TPSA) is 133 Å². The zero-order valence-corrected chi connectivity index (χ0v) is 35.3. The van der Waals surface area contributed by atoms with Gasteiger partial charge in [0, 0.05) is 24.9 Å². The van der Waals surface area contributed by atoms with E-state index in [1.54, 1.807) is 6.08 Å². The van der Waals surface area contributed by atoms with Crippen LogP contribution in [-0.4, -0.2) is 47.1 Å². The van der Waals surface area contributed by atoms with Crippen molar-refractivity contribution in [3.63, 3.8) is 0 Å². The number of allylic oxidation sites excluding steroid dienone is 9. The average molecular weight is 753 g/mol. The molecule has 54 heavy (non-hydrogen) atoms. The molecule has 0 bridgehead atoms. The number of hydrogen-bond acceptors (Lipinski definition) is 4. The van der Waals surface area contributed by atoms with Gasteiger partial charge in [0.1, 0.15) is 0 Å². The number of amides is 2. The van der Waals surface area contributed by atoms with Crippen molar-refractivity contribution in [3.05, 3.63) is 58.7 Å². The van der Waals surface area contributed by atoms with E-state index in [1.165, 1.54) is 17.2 Å². The zero-order chi connectivity index (χ0) is 40.6. The van der Waals surface area contributed by atoms with Crippen molar-refractivity contribution < 1.29 is 29.4 Å². The van der Waals surface area contributed by atoms with Crippen LogP contribution >= 0.6 is 0 Å². The molecule has 1 aliphatic rings. The van der Waals surface area contributed by atoms with Crippen molar-refractivity contribution in [1.29, 1.82) is 0 Å². The fraction of sp³-hybridized carbons (Fsp3) is 0.696. The first kappa shape index (κ1) is 48.6. The molecule has 4 atom stereocenters. The summed E-state index contributed by atoms with van der Waals surface area (Å²) >= 11 is 0. The molecule has 0 saturated carbocycles. The van der Waals surface area contributed by atoms with Crippen LogP contribution in [0.15, 0.2) is 58.7 Å². The SMILES string of the molecule is CCCCCCCCNC(=O)C1(C(=O)O)C=CC(CC=C(C)CCC=C(C)C)C(C(=O)O)(C(=O)NCCCCCCCC)C1CC=C(C)CCC=C(C)C. The largest absolute Gasteiger partial charge is 0.480 e. The highest BCUT2D eigenvalue weighted by atomic mass is 16.4. The molecule has 8 heteroatoms. The minimum Gasteiger partial charge on any atom is -0.480 e. The molecule has 0 saturated heterocycles. The number of carboxylic acids is 2. The van der Waals surface area contributed by atoms with Gasteiger partial charge in [-0.2, -0.15) is 0 Å². The molecule has 0 aromatic rings. The summed E-state index contributed by atoms with van der Waals surface area (Å²) in [7, 11) is 0. The molecule has 0 aromatic carbocycles. The first-order valence-corrected chi connectivity index (χ1v) is 21.0. The molecule has 2 amide bonds. The maximum absolute atomic E-state index is 14.7. The van der Waals surface area contributed by atoms with Crippen molar-refractivity contribution in [2.45, 2.75) is 171 Å². The second-order valence-corrected chi connectivity index (χ2v) is 16.1. The highest BCUT2D eigenvalue weighted by molar-refractivity contribution is 6.10. The van der Waals surface area contributed by atoms with Crippen LogP contribution < -0.4 is 10.6 Å². The average Bonchev–Trinajstić information content (AvgIpc) is 3.11. The van der Waals surface area contributed by atoms with Gasteiger partial charge in [-0.15, -0.1) is 0 Å². The summed E-state index contributed by atoms with van der Waals surface area (Å²) in [5, 5.41) is 28.3. The Morgan fingerprint density at radius 1 is 0.593 bits per heavy atom. The lowest BCUT2D eigenvalue weighted by Gasteiger charge is -2.49. The number of nitrogens with one attached hydrogen (secondary N) is 2. The van der Waals surface area contributed by atoms with Gasteiger partial charge in [-0.1, -0.05) is 137 Å². The highest BCUT2D eigenvalue weighted by Crippen LogP contribution is 2.55. The molecule has 0 heterocycles. The molecular formula is C46H76N2O6. The summed E-state index contributed by atoms with van der Waals surface area (Å²) in [4.78, 5) is 56.6. The number of carbonyl (C=O) groups excluding carboxylic acids is 2. The Bertz CT molecular complexity index is 1330. The second kappa shape index (κ2) is 26.4. The van der Waals surface area contributed by atoms with Crippen LogP contribution in [0, 0.1) is 22.7 Å². The number of carboxylic acid groups (broad SMARTS) is 2. The number of aliphatic carboxylic acids is 2. The predicted molar refractivity (Wildman–Crippen MR) is 223 cm³/mol. The number of hydrogen-bond donors (Lipinski definition) is 4. The van der Waals surface area contributed by atoms with Gasteiger partial charge in [-0.3, -0.25) is 19.2 Å². The van der Waals surface area contributed by atoms with E-state index in [0.717, 1.165) is 94.6 Å². The molecule has 1 rings (SSSR count). The van der Waals surface area contributed by atoms with E-state index < -0.39 is 46.4 Å². The molecule has 4 N–H and O–H groups in total. The molecule has 0 fully saturated rings. The summed E-state index contributed by atoms with van der Waals surface area (Å²) in [6.07, 6.45) is 26.3. The first-order chi connectivity index (χ1) is 25.7. The summed E-state index contributed by atoms with van der Waals surface area (Å²) < 4.78 is 0. The Balaban J connectivity index is 3.83. The van der Waals surface area contributed by atoms with E-state index in [2.05, 4.69) is 36.6 Å². The maximum atomic E-state index is 14.7. The van der Waals surface area contributed by atoms with Gasteiger partial charge in [0.05, 0.1) is 0 Å². The molecule has 8 nitrogen and oxygen atoms in total. The molecule has 0 radical (unpaired) electrons. The minimum absolute atomic E-state index is 0.0573. The van der Waals surface area contributed by atoms with E-state index in [1.807, 2.05) is 53.7 Å². The van der Waals surface area contributed by atoms with Gasteiger partial charge in [0.25, 0.3) is 0 Å². The number of unbranched alkanes of at least 4 members (excludes halogenated alkanes) is 10. The zero-order valence-electron chi connectivity index (χ0n) is 35.3. The van der Waals surface area contributed by atoms with Crippen molar-refractivity contribution in [1.82, 2.24) is 10.6 Å². The highest BCUT2D eigenvalue weighted by Gasteiger charge is 2.68. The quantitative estimate of drug-likeness (QED) is 0.0357. The van der Waals surface area contributed by atoms with Gasteiger partial charge < -0.3 is 20.8 Å². The molecule has 306 valence electrons. The van der Waals surface area contributed by atoms with Gasteiger partial charge >= 0.3 is 11.9 Å². The van der Waals surface area contributed by atoms with Crippen molar-refractivity contribution in [2.24, 2.45) is 22.7 Å². The molecule has 0 spiro atoms. The molecule has 4 unspecified atom stereocenters. The standard InChI is InChI=1S/C46H76N2O6/c1-9-11-13-15-17-19-33-47-41(49)45(43(51)52)32-31-39(29-27-37(7)25-21-23-35(3)4)46(44(53)54,42(50)48-34-20-18-16-14-12-10-2)40(45)30-28-38(8)26-22-24-36(5)6/h23-24,27-28,31-32,39-40H,9-22,25-26,29-30,33-34H2,1-8H3,(H,47,49)(H,48,50)(H,51,52)(H,53,54). The third-order valence-electron chi connectivity index (χ3n) is 11.0. The fourth-order valence-electron chi connectivity index (χ4n) is 7.61. The predicted octanol–water partition coefficient (Wildman–Crippen LogP) is 11.0. The van der Waals surface area contributed by atoms with Gasteiger partial charge in [0.2, 0.25) is 11.8 Å². The monoisotopic (exact) mass is 753 g/mol. The Morgan fingerprint density at radius 3 is 1.48 bits per heavy atom.